The van der Waals surface area contributed by atoms with E-state index in [9.17, 15) is 4.79 Å². The molecule has 0 saturated carbocycles. The van der Waals surface area contributed by atoms with Crippen LogP contribution in [0.1, 0.15) is 32.8 Å². The molecule has 1 unspecified atom stereocenters. The van der Waals surface area contributed by atoms with Gasteiger partial charge in [0.25, 0.3) is 0 Å². The smallest absolute Gasteiger partial charge is 0.223 e. The molecule has 2 rings (SSSR count). The van der Waals surface area contributed by atoms with Gasteiger partial charge >= 0.3 is 0 Å². The number of piperazine rings is 1. The molecule has 1 saturated heterocycles. The first-order valence-corrected chi connectivity index (χ1v) is 7.06. The summed E-state index contributed by atoms with van der Waals surface area (Å²) < 4.78 is 0. The second-order valence-electron chi connectivity index (χ2n) is 6.07. The Morgan fingerprint density at radius 2 is 2.00 bits per heavy atom. The average molecular weight is 297 g/mol. The summed E-state index contributed by atoms with van der Waals surface area (Å²) in [7, 11) is 0. The van der Waals surface area contributed by atoms with Crippen molar-refractivity contribution in [3.05, 3.63) is 35.9 Å². The summed E-state index contributed by atoms with van der Waals surface area (Å²) in [5, 5.41) is 3.32. The Hall–Kier alpha value is -1.06. The summed E-state index contributed by atoms with van der Waals surface area (Å²) in [5.74, 6) is 0.267. The topological polar surface area (TPSA) is 32.3 Å². The van der Waals surface area contributed by atoms with Crippen LogP contribution in [0.2, 0.25) is 0 Å². The monoisotopic (exact) mass is 296 g/mol. The van der Waals surface area contributed by atoms with Crippen molar-refractivity contribution in [2.24, 2.45) is 0 Å². The van der Waals surface area contributed by atoms with Gasteiger partial charge in [0, 0.05) is 32.1 Å². The minimum absolute atomic E-state index is 0. The minimum Gasteiger partial charge on any atom is -0.337 e. The number of hydrogen-bond acceptors (Lipinski definition) is 2. The number of carbonyl (C=O) groups excluding carboxylic acids is 1. The second-order valence-corrected chi connectivity index (χ2v) is 6.07. The lowest BCUT2D eigenvalue weighted by Gasteiger charge is -2.36. The first kappa shape index (κ1) is 17.0. The molecule has 1 fully saturated rings. The molecular formula is C16H25ClN2O. The van der Waals surface area contributed by atoms with E-state index in [1.807, 2.05) is 23.1 Å². The molecule has 0 spiro atoms. The SMILES string of the molecule is CC1CNCCN1C(=O)CC(C)(C)c1ccccc1.Cl. The molecule has 0 bridgehead atoms. The molecule has 4 heteroatoms. The Kier molecular flexibility index (Phi) is 6.03. The molecule has 1 aliphatic rings. The maximum Gasteiger partial charge on any atom is 0.223 e. The van der Waals surface area contributed by atoms with Crippen LogP contribution in [0, 0.1) is 0 Å². The number of amides is 1. The molecule has 3 nitrogen and oxygen atoms in total. The lowest BCUT2D eigenvalue weighted by molar-refractivity contribution is -0.135. The van der Waals surface area contributed by atoms with Crippen molar-refractivity contribution in [2.75, 3.05) is 19.6 Å². The van der Waals surface area contributed by atoms with Crippen molar-refractivity contribution < 1.29 is 4.79 Å². The maximum atomic E-state index is 12.5. The number of nitrogens with zero attached hydrogens (tertiary/aromatic N) is 1. The van der Waals surface area contributed by atoms with E-state index in [1.54, 1.807) is 0 Å². The van der Waals surface area contributed by atoms with Gasteiger partial charge in [0.2, 0.25) is 5.91 Å². The maximum absolute atomic E-state index is 12.5. The Labute approximate surface area is 128 Å². The van der Waals surface area contributed by atoms with Gasteiger partial charge in [0.1, 0.15) is 0 Å². The molecule has 112 valence electrons. The summed E-state index contributed by atoms with van der Waals surface area (Å²) in [6.45, 7) is 9.03. The van der Waals surface area contributed by atoms with Crippen molar-refractivity contribution in [1.29, 1.82) is 0 Å². The standard InChI is InChI=1S/C16H24N2O.ClH/c1-13-12-17-9-10-18(13)15(19)11-16(2,3)14-7-5-4-6-8-14;/h4-8,13,17H,9-12H2,1-3H3;1H. The van der Waals surface area contributed by atoms with Crippen LogP contribution in [0.15, 0.2) is 30.3 Å². The predicted octanol–water partition coefficient (Wildman–Crippen LogP) is 2.60. The van der Waals surface area contributed by atoms with Crippen LogP contribution in [-0.2, 0) is 10.2 Å². The number of carbonyl (C=O) groups is 1. The molecule has 0 aliphatic carbocycles. The lowest BCUT2D eigenvalue weighted by Crippen LogP contribution is -2.53. The van der Waals surface area contributed by atoms with Crippen molar-refractivity contribution in [3.63, 3.8) is 0 Å². The minimum atomic E-state index is -0.108. The van der Waals surface area contributed by atoms with Crippen LogP contribution in [0.3, 0.4) is 0 Å². The molecule has 1 aromatic rings. The van der Waals surface area contributed by atoms with Crippen LogP contribution in [0.4, 0.5) is 0 Å². The fraction of sp³-hybridized carbons (Fsp3) is 0.562. The summed E-state index contributed by atoms with van der Waals surface area (Å²) in [6, 6.07) is 10.6. The zero-order valence-electron chi connectivity index (χ0n) is 12.6. The summed E-state index contributed by atoms with van der Waals surface area (Å²) >= 11 is 0. The van der Waals surface area contributed by atoms with Gasteiger partial charge in [0.05, 0.1) is 0 Å². The van der Waals surface area contributed by atoms with Crippen LogP contribution in [0.5, 0.6) is 0 Å². The van der Waals surface area contributed by atoms with Gasteiger partial charge in [-0.3, -0.25) is 4.79 Å². The van der Waals surface area contributed by atoms with Gasteiger partial charge in [0.15, 0.2) is 0 Å². The molecule has 1 N–H and O–H groups in total. The molecule has 1 atom stereocenters. The van der Waals surface area contributed by atoms with Crippen molar-refractivity contribution in [2.45, 2.75) is 38.6 Å². The third-order valence-corrected chi connectivity index (χ3v) is 3.97. The van der Waals surface area contributed by atoms with E-state index >= 15 is 0 Å². The van der Waals surface area contributed by atoms with Crippen molar-refractivity contribution >= 4 is 18.3 Å². The van der Waals surface area contributed by atoms with Crippen LogP contribution >= 0.6 is 12.4 Å². The quantitative estimate of drug-likeness (QED) is 0.930. The summed E-state index contributed by atoms with van der Waals surface area (Å²) in [5.41, 5.74) is 1.12. The molecule has 1 aliphatic heterocycles. The number of hydrogen-bond donors (Lipinski definition) is 1. The van der Waals surface area contributed by atoms with E-state index in [0.29, 0.717) is 12.5 Å². The average Bonchev–Trinajstić information content (AvgIpc) is 2.39. The summed E-state index contributed by atoms with van der Waals surface area (Å²) in [4.78, 5) is 14.5. The fourth-order valence-electron chi connectivity index (χ4n) is 2.68. The predicted molar refractivity (Wildman–Crippen MR) is 85.4 cm³/mol. The van der Waals surface area contributed by atoms with Crippen molar-refractivity contribution in [3.8, 4) is 0 Å². The summed E-state index contributed by atoms with van der Waals surface area (Å²) in [6.07, 6.45) is 0.571. The van der Waals surface area contributed by atoms with Gasteiger partial charge in [-0.1, -0.05) is 44.2 Å². The van der Waals surface area contributed by atoms with Crippen molar-refractivity contribution in [1.82, 2.24) is 10.2 Å². The molecule has 0 aromatic heterocycles. The molecule has 1 heterocycles. The number of halogens is 1. The Morgan fingerprint density at radius 1 is 1.35 bits per heavy atom. The largest absolute Gasteiger partial charge is 0.337 e. The fourth-order valence-corrected chi connectivity index (χ4v) is 2.68. The lowest BCUT2D eigenvalue weighted by atomic mass is 9.81. The van der Waals surface area contributed by atoms with Gasteiger partial charge in [-0.15, -0.1) is 12.4 Å². The number of benzene rings is 1. The molecule has 20 heavy (non-hydrogen) atoms. The zero-order chi connectivity index (χ0) is 13.9. The first-order valence-electron chi connectivity index (χ1n) is 7.06. The number of nitrogens with one attached hydrogen (secondary N) is 1. The highest BCUT2D eigenvalue weighted by Crippen LogP contribution is 2.28. The van der Waals surface area contributed by atoms with Gasteiger partial charge < -0.3 is 10.2 Å². The Bertz CT molecular complexity index is 433. The van der Waals surface area contributed by atoms with E-state index in [2.05, 4.69) is 38.2 Å². The third kappa shape index (κ3) is 3.97. The van der Waals surface area contributed by atoms with Crippen LogP contribution in [0.25, 0.3) is 0 Å². The molecule has 1 aromatic carbocycles. The Morgan fingerprint density at radius 3 is 2.60 bits per heavy atom. The normalized spacial score (nSPS) is 19.4. The number of rotatable bonds is 3. The van der Waals surface area contributed by atoms with E-state index in [0.717, 1.165) is 19.6 Å². The van der Waals surface area contributed by atoms with Crippen LogP contribution < -0.4 is 5.32 Å². The third-order valence-electron chi connectivity index (χ3n) is 3.97. The van der Waals surface area contributed by atoms with Gasteiger partial charge in [-0.05, 0) is 17.9 Å². The van der Waals surface area contributed by atoms with E-state index in [1.165, 1.54) is 5.56 Å². The second kappa shape index (κ2) is 7.09. The van der Waals surface area contributed by atoms with E-state index < -0.39 is 0 Å². The Balaban J connectivity index is 0.00000200. The molecule has 0 radical (unpaired) electrons. The highest BCUT2D eigenvalue weighted by molar-refractivity contribution is 5.85. The first-order chi connectivity index (χ1) is 9.00. The zero-order valence-corrected chi connectivity index (χ0v) is 13.4. The van der Waals surface area contributed by atoms with E-state index in [4.69, 9.17) is 0 Å². The van der Waals surface area contributed by atoms with Gasteiger partial charge in [-0.2, -0.15) is 0 Å². The highest BCUT2D eigenvalue weighted by atomic mass is 35.5. The van der Waals surface area contributed by atoms with Gasteiger partial charge in [-0.25, -0.2) is 0 Å². The molecule has 1 amide bonds. The van der Waals surface area contributed by atoms with E-state index in [-0.39, 0.29) is 23.7 Å². The highest BCUT2D eigenvalue weighted by Gasteiger charge is 2.29. The van der Waals surface area contributed by atoms with Crippen LogP contribution in [-0.4, -0.2) is 36.5 Å². The molecular weight excluding hydrogens is 272 g/mol.